The van der Waals surface area contributed by atoms with Crippen molar-refractivity contribution in [3.63, 3.8) is 0 Å². The zero-order chi connectivity index (χ0) is 27.5. The molecule has 10 nitrogen and oxygen atoms in total. The lowest BCUT2D eigenvalue weighted by Gasteiger charge is -2.27. The maximum absolute atomic E-state index is 13.6. The second kappa shape index (κ2) is 10.9. The minimum Gasteiger partial charge on any atom is -0.501 e. The third-order valence-electron chi connectivity index (χ3n) is 6.33. The smallest absolute Gasteiger partial charge is 0.407 e. The van der Waals surface area contributed by atoms with Crippen molar-refractivity contribution in [3.05, 3.63) is 57.0 Å². The van der Waals surface area contributed by atoms with Gasteiger partial charge in [0.1, 0.15) is 17.2 Å². The fourth-order valence-electron chi connectivity index (χ4n) is 4.17. The first kappa shape index (κ1) is 28.1. The summed E-state index contributed by atoms with van der Waals surface area (Å²) in [5.41, 5.74) is -1.53. The number of ether oxygens (including phenoxy) is 2. The number of carbonyl (C=O) groups is 2. The molecule has 0 aliphatic carbocycles. The van der Waals surface area contributed by atoms with Gasteiger partial charge in [0.2, 0.25) is 5.75 Å². The highest BCUT2D eigenvalue weighted by molar-refractivity contribution is 5.94. The van der Waals surface area contributed by atoms with E-state index in [0.717, 1.165) is 0 Å². The molecule has 37 heavy (non-hydrogen) atoms. The average Bonchev–Trinajstić information content (AvgIpc) is 2.96. The van der Waals surface area contributed by atoms with Gasteiger partial charge < -0.3 is 25.2 Å². The Morgan fingerprint density at radius 1 is 1.30 bits per heavy atom. The van der Waals surface area contributed by atoms with Gasteiger partial charge in [-0.3, -0.25) is 14.2 Å². The van der Waals surface area contributed by atoms with E-state index >= 15 is 0 Å². The number of benzene rings is 1. The summed E-state index contributed by atoms with van der Waals surface area (Å²) in [7, 11) is 1.54. The molecule has 1 aromatic heterocycles. The number of fused-ring (bicyclic) bond motifs is 1. The standard InChI is InChI=1S/C26H35FN4O6/c1-15-11-16(7-8-18(15)27)12-28-22(33)19-20(32)23(34)31-14-26(5,36-6)10-9-17(21(31)30-19)13-29-24(35)37-25(2,3)4/h7-8,11,17,32H,9-10,12-14H2,1-6H3,(H,28,33)(H,29,35). The molecule has 3 N–H and O–H groups in total. The van der Waals surface area contributed by atoms with Crippen LogP contribution >= 0.6 is 0 Å². The number of aryl methyl sites for hydroxylation is 1. The highest BCUT2D eigenvalue weighted by Crippen LogP contribution is 2.32. The van der Waals surface area contributed by atoms with Gasteiger partial charge in [0.15, 0.2) is 5.69 Å². The number of aromatic nitrogens is 2. The normalized spacial score (nSPS) is 19.5. The Morgan fingerprint density at radius 3 is 2.62 bits per heavy atom. The quantitative estimate of drug-likeness (QED) is 0.535. The lowest BCUT2D eigenvalue weighted by atomic mass is 9.95. The van der Waals surface area contributed by atoms with Gasteiger partial charge in [-0.15, -0.1) is 0 Å². The molecule has 11 heteroatoms. The van der Waals surface area contributed by atoms with E-state index in [1.807, 2.05) is 6.92 Å². The van der Waals surface area contributed by atoms with Crippen LogP contribution in [0, 0.1) is 12.7 Å². The first-order valence-corrected chi connectivity index (χ1v) is 12.1. The maximum atomic E-state index is 13.6. The predicted molar refractivity (Wildman–Crippen MR) is 134 cm³/mol. The number of hydrogen-bond acceptors (Lipinski definition) is 7. The predicted octanol–water partition coefficient (Wildman–Crippen LogP) is 3.13. The monoisotopic (exact) mass is 518 g/mol. The minimum absolute atomic E-state index is 0.0465. The fourth-order valence-corrected chi connectivity index (χ4v) is 4.17. The molecule has 3 rings (SSSR count). The molecule has 2 atom stereocenters. The molecule has 2 amide bonds. The fraction of sp³-hybridized carbons (Fsp3) is 0.538. The van der Waals surface area contributed by atoms with Crippen molar-refractivity contribution >= 4 is 12.0 Å². The molecule has 0 fully saturated rings. The van der Waals surface area contributed by atoms with Gasteiger partial charge in [-0.25, -0.2) is 14.2 Å². The molecule has 2 aromatic rings. The van der Waals surface area contributed by atoms with Crippen molar-refractivity contribution in [1.82, 2.24) is 20.2 Å². The molecule has 1 aliphatic heterocycles. The van der Waals surface area contributed by atoms with E-state index in [1.54, 1.807) is 33.8 Å². The Morgan fingerprint density at radius 2 is 2.00 bits per heavy atom. The highest BCUT2D eigenvalue weighted by atomic mass is 19.1. The number of nitrogens with one attached hydrogen (secondary N) is 2. The van der Waals surface area contributed by atoms with Crippen LogP contribution in [-0.2, 0) is 22.6 Å². The van der Waals surface area contributed by atoms with Crippen molar-refractivity contribution in [1.29, 1.82) is 0 Å². The minimum atomic E-state index is -0.782. The van der Waals surface area contributed by atoms with Gasteiger partial charge in [-0.05, 0) is 64.7 Å². The molecule has 1 aromatic carbocycles. The topological polar surface area (TPSA) is 132 Å². The van der Waals surface area contributed by atoms with Crippen LogP contribution in [0.2, 0.25) is 0 Å². The van der Waals surface area contributed by atoms with E-state index in [1.165, 1.54) is 23.8 Å². The molecule has 202 valence electrons. The summed E-state index contributed by atoms with van der Waals surface area (Å²) in [5, 5.41) is 16.0. The van der Waals surface area contributed by atoms with Gasteiger partial charge in [-0.1, -0.05) is 12.1 Å². The lowest BCUT2D eigenvalue weighted by molar-refractivity contribution is -0.0146. The van der Waals surface area contributed by atoms with Crippen LogP contribution in [0.4, 0.5) is 9.18 Å². The van der Waals surface area contributed by atoms with Gasteiger partial charge in [0.05, 0.1) is 12.1 Å². The third kappa shape index (κ3) is 6.85. The third-order valence-corrected chi connectivity index (χ3v) is 6.33. The summed E-state index contributed by atoms with van der Waals surface area (Å²) >= 11 is 0. The SMILES string of the molecule is COC1(C)CCC(CNC(=O)OC(C)(C)C)c2nc(C(=O)NCc3ccc(F)c(C)c3)c(O)c(=O)n2C1. The van der Waals surface area contributed by atoms with E-state index in [0.29, 0.717) is 24.0 Å². The molecule has 0 radical (unpaired) electrons. The molecule has 0 saturated heterocycles. The molecular weight excluding hydrogens is 483 g/mol. The number of aromatic hydroxyl groups is 1. The summed E-state index contributed by atoms with van der Waals surface area (Å²) < 4.78 is 25.8. The van der Waals surface area contributed by atoms with Crippen LogP contribution < -0.4 is 16.2 Å². The zero-order valence-corrected chi connectivity index (χ0v) is 22.1. The van der Waals surface area contributed by atoms with Crippen LogP contribution in [0.3, 0.4) is 0 Å². The van der Waals surface area contributed by atoms with E-state index in [2.05, 4.69) is 15.6 Å². The largest absolute Gasteiger partial charge is 0.501 e. The van der Waals surface area contributed by atoms with Crippen molar-refractivity contribution in [2.24, 2.45) is 0 Å². The Bertz CT molecular complexity index is 1240. The Hall–Kier alpha value is -3.47. The number of halogens is 1. The Balaban J connectivity index is 1.92. The first-order chi connectivity index (χ1) is 17.2. The van der Waals surface area contributed by atoms with Crippen molar-refractivity contribution < 1.29 is 28.6 Å². The first-order valence-electron chi connectivity index (χ1n) is 12.1. The maximum Gasteiger partial charge on any atom is 0.407 e. The zero-order valence-electron chi connectivity index (χ0n) is 22.1. The van der Waals surface area contributed by atoms with Crippen LogP contribution in [0.5, 0.6) is 5.75 Å². The molecule has 1 aliphatic rings. The van der Waals surface area contributed by atoms with Crippen LogP contribution in [0.1, 0.15) is 73.9 Å². The molecule has 0 bridgehead atoms. The Labute approximate surface area is 215 Å². The van der Waals surface area contributed by atoms with Gasteiger partial charge >= 0.3 is 6.09 Å². The number of hydrogen-bond donors (Lipinski definition) is 3. The van der Waals surface area contributed by atoms with Crippen molar-refractivity contribution in [3.8, 4) is 5.75 Å². The second-order valence-corrected chi connectivity index (χ2v) is 10.6. The van der Waals surface area contributed by atoms with Crippen LogP contribution in [0.25, 0.3) is 0 Å². The van der Waals surface area contributed by atoms with E-state index in [9.17, 15) is 23.9 Å². The molecule has 0 saturated carbocycles. The van der Waals surface area contributed by atoms with E-state index in [-0.39, 0.29) is 31.3 Å². The van der Waals surface area contributed by atoms with Crippen LogP contribution in [-0.4, -0.2) is 51.5 Å². The van der Waals surface area contributed by atoms with Crippen molar-refractivity contribution in [2.45, 2.75) is 77.7 Å². The van der Waals surface area contributed by atoms with Gasteiger partial charge in [0.25, 0.3) is 11.5 Å². The summed E-state index contributed by atoms with van der Waals surface area (Å²) in [4.78, 5) is 42.8. The number of carbonyl (C=O) groups excluding carboxylic acids is 2. The summed E-state index contributed by atoms with van der Waals surface area (Å²) in [6.07, 6.45) is 0.415. The number of rotatable bonds is 6. The van der Waals surface area contributed by atoms with Crippen molar-refractivity contribution in [2.75, 3.05) is 13.7 Å². The van der Waals surface area contributed by atoms with Gasteiger partial charge in [0, 0.05) is 26.1 Å². The van der Waals surface area contributed by atoms with Gasteiger partial charge in [-0.2, -0.15) is 0 Å². The van der Waals surface area contributed by atoms with Crippen LogP contribution in [0.15, 0.2) is 23.0 Å². The lowest BCUT2D eigenvalue weighted by Crippen LogP contribution is -2.39. The molecule has 2 unspecified atom stereocenters. The number of alkyl carbamates (subject to hydrolysis) is 1. The highest BCUT2D eigenvalue weighted by Gasteiger charge is 2.36. The van der Waals surface area contributed by atoms with E-state index in [4.69, 9.17) is 9.47 Å². The average molecular weight is 519 g/mol. The summed E-state index contributed by atoms with van der Waals surface area (Å²) in [6, 6.07) is 4.43. The molecular formula is C26H35FN4O6. The summed E-state index contributed by atoms with van der Waals surface area (Å²) in [5.74, 6) is -2.10. The number of nitrogens with zero attached hydrogens (tertiary/aromatic N) is 2. The molecule has 0 spiro atoms. The number of methoxy groups -OCH3 is 1. The summed E-state index contributed by atoms with van der Waals surface area (Å²) in [6.45, 7) is 8.96. The van der Waals surface area contributed by atoms with E-state index < -0.39 is 46.1 Å². The number of amides is 2. The second-order valence-electron chi connectivity index (χ2n) is 10.6. The Kier molecular flexibility index (Phi) is 8.26. The molecule has 2 heterocycles.